The third-order valence-corrected chi connectivity index (χ3v) is 2.97. The molecule has 0 aromatic heterocycles. The van der Waals surface area contributed by atoms with Crippen molar-refractivity contribution in [1.29, 1.82) is 0 Å². The Kier molecular flexibility index (Phi) is 4.00. The zero-order valence-electron chi connectivity index (χ0n) is 10.6. The van der Waals surface area contributed by atoms with Gasteiger partial charge in [-0.2, -0.15) is 0 Å². The highest BCUT2D eigenvalue weighted by molar-refractivity contribution is 6.30. The zero-order chi connectivity index (χ0) is 13.2. The van der Waals surface area contributed by atoms with E-state index in [2.05, 4.69) is 0 Å². The van der Waals surface area contributed by atoms with E-state index < -0.39 is 5.79 Å². The highest BCUT2D eigenvalue weighted by Crippen LogP contribution is 2.27. The molecular weight excluding hydrogens is 254 g/mol. The number of halogens is 1. The standard InChI is InChI=1S/C13H18ClNO3/c1-13(2)17-8-10(18-13)5-6-16-12-4-3-9(14)7-11(12)15/h3-4,7,10H,5-6,8,15H2,1-2H3. The molecule has 1 aliphatic heterocycles. The van der Waals surface area contributed by atoms with Gasteiger partial charge in [0.05, 0.1) is 25.0 Å². The quantitative estimate of drug-likeness (QED) is 0.856. The van der Waals surface area contributed by atoms with E-state index in [1.807, 2.05) is 13.8 Å². The first kappa shape index (κ1) is 13.5. The smallest absolute Gasteiger partial charge is 0.163 e. The minimum absolute atomic E-state index is 0.0773. The van der Waals surface area contributed by atoms with Gasteiger partial charge in [0.2, 0.25) is 0 Å². The van der Waals surface area contributed by atoms with E-state index >= 15 is 0 Å². The minimum atomic E-state index is -0.482. The first-order valence-corrected chi connectivity index (χ1v) is 6.34. The molecule has 2 rings (SSSR count). The van der Waals surface area contributed by atoms with Crippen LogP contribution in [0.15, 0.2) is 18.2 Å². The molecule has 2 N–H and O–H groups in total. The van der Waals surface area contributed by atoms with Crippen LogP contribution in [0.25, 0.3) is 0 Å². The Hall–Kier alpha value is -0.970. The third-order valence-electron chi connectivity index (χ3n) is 2.74. The summed E-state index contributed by atoms with van der Waals surface area (Å²) in [6.45, 7) is 4.96. The molecule has 1 atom stereocenters. The first-order chi connectivity index (χ1) is 8.46. The Morgan fingerprint density at radius 1 is 1.50 bits per heavy atom. The van der Waals surface area contributed by atoms with Gasteiger partial charge in [0.1, 0.15) is 5.75 Å². The van der Waals surface area contributed by atoms with E-state index in [1.165, 1.54) is 0 Å². The van der Waals surface area contributed by atoms with Gasteiger partial charge < -0.3 is 19.9 Å². The van der Waals surface area contributed by atoms with Gasteiger partial charge >= 0.3 is 0 Å². The lowest BCUT2D eigenvalue weighted by Gasteiger charge is -2.17. The van der Waals surface area contributed by atoms with Gasteiger partial charge in [-0.3, -0.25) is 0 Å². The molecule has 0 spiro atoms. The second kappa shape index (κ2) is 5.34. The van der Waals surface area contributed by atoms with E-state index in [-0.39, 0.29) is 6.10 Å². The van der Waals surface area contributed by atoms with E-state index in [1.54, 1.807) is 18.2 Å². The van der Waals surface area contributed by atoms with Gasteiger partial charge in [0.15, 0.2) is 5.79 Å². The molecule has 0 amide bonds. The van der Waals surface area contributed by atoms with Crippen LogP contribution in [-0.2, 0) is 9.47 Å². The van der Waals surface area contributed by atoms with Crippen molar-refractivity contribution in [3.63, 3.8) is 0 Å². The van der Waals surface area contributed by atoms with Gasteiger partial charge in [-0.1, -0.05) is 11.6 Å². The van der Waals surface area contributed by atoms with E-state index in [4.69, 9.17) is 31.5 Å². The topological polar surface area (TPSA) is 53.7 Å². The van der Waals surface area contributed by atoms with E-state index in [0.29, 0.717) is 29.7 Å². The summed E-state index contributed by atoms with van der Waals surface area (Å²) >= 11 is 5.81. The van der Waals surface area contributed by atoms with Gasteiger partial charge in [-0.25, -0.2) is 0 Å². The number of rotatable bonds is 4. The molecule has 5 heteroatoms. The molecule has 1 aromatic carbocycles. The van der Waals surface area contributed by atoms with Crippen molar-refractivity contribution in [2.45, 2.75) is 32.2 Å². The number of ether oxygens (including phenoxy) is 3. The second-order valence-electron chi connectivity index (χ2n) is 4.77. The molecule has 0 aliphatic carbocycles. The number of nitrogen functional groups attached to an aromatic ring is 1. The Labute approximate surface area is 112 Å². The predicted octanol–water partition coefficient (Wildman–Crippen LogP) is 2.84. The summed E-state index contributed by atoms with van der Waals surface area (Å²) in [6, 6.07) is 5.20. The van der Waals surface area contributed by atoms with Crippen molar-refractivity contribution in [1.82, 2.24) is 0 Å². The van der Waals surface area contributed by atoms with Crippen molar-refractivity contribution in [3.8, 4) is 5.75 Å². The van der Waals surface area contributed by atoms with Crippen molar-refractivity contribution < 1.29 is 14.2 Å². The summed E-state index contributed by atoms with van der Waals surface area (Å²) in [5.74, 6) is 0.168. The molecule has 100 valence electrons. The fraction of sp³-hybridized carbons (Fsp3) is 0.538. The predicted molar refractivity (Wildman–Crippen MR) is 70.9 cm³/mol. The second-order valence-corrected chi connectivity index (χ2v) is 5.21. The fourth-order valence-electron chi connectivity index (χ4n) is 1.86. The van der Waals surface area contributed by atoms with Crippen LogP contribution < -0.4 is 10.5 Å². The number of hydrogen-bond acceptors (Lipinski definition) is 4. The van der Waals surface area contributed by atoms with Gasteiger partial charge in [-0.05, 0) is 32.0 Å². The van der Waals surface area contributed by atoms with Crippen molar-refractivity contribution in [2.24, 2.45) is 0 Å². The molecule has 1 unspecified atom stereocenters. The molecule has 1 heterocycles. The molecule has 0 bridgehead atoms. The molecule has 1 fully saturated rings. The van der Waals surface area contributed by atoms with Crippen LogP contribution in [0.5, 0.6) is 5.75 Å². The minimum Gasteiger partial charge on any atom is -0.491 e. The molecular formula is C13H18ClNO3. The summed E-state index contributed by atoms with van der Waals surface area (Å²) in [6.07, 6.45) is 0.847. The summed E-state index contributed by atoms with van der Waals surface area (Å²) < 4.78 is 16.8. The number of benzene rings is 1. The van der Waals surface area contributed by atoms with Crippen molar-refractivity contribution in [3.05, 3.63) is 23.2 Å². The zero-order valence-corrected chi connectivity index (χ0v) is 11.4. The third kappa shape index (κ3) is 3.51. The fourth-order valence-corrected chi connectivity index (χ4v) is 2.04. The van der Waals surface area contributed by atoms with Crippen LogP contribution in [0, 0.1) is 0 Å². The van der Waals surface area contributed by atoms with Crippen LogP contribution in [0.4, 0.5) is 5.69 Å². The van der Waals surface area contributed by atoms with Crippen LogP contribution in [-0.4, -0.2) is 25.1 Å². The lowest BCUT2D eigenvalue weighted by molar-refractivity contribution is -0.139. The molecule has 0 saturated carbocycles. The van der Waals surface area contributed by atoms with Crippen LogP contribution in [0.2, 0.25) is 5.02 Å². The maximum absolute atomic E-state index is 5.81. The van der Waals surface area contributed by atoms with Crippen LogP contribution in [0.3, 0.4) is 0 Å². The summed E-state index contributed by atoms with van der Waals surface area (Å²) in [5, 5.41) is 0.606. The molecule has 18 heavy (non-hydrogen) atoms. The van der Waals surface area contributed by atoms with Gasteiger partial charge in [0.25, 0.3) is 0 Å². The first-order valence-electron chi connectivity index (χ1n) is 5.96. The highest BCUT2D eigenvalue weighted by Gasteiger charge is 2.32. The van der Waals surface area contributed by atoms with Crippen LogP contribution in [0.1, 0.15) is 20.3 Å². The average Bonchev–Trinajstić information content (AvgIpc) is 2.61. The monoisotopic (exact) mass is 271 g/mol. The lowest BCUT2D eigenvalue weighted by atomic mass is 10.2. The molecule has 1 saturated heterocycles. The summed E-state index contributed by atoms with van der Waals surface area (Å²) in [5.41, 5.74) is 6.34. The summed E-state index contributed by atoms with van der Waals surface area (Å²) in [7, 11) is 0. The largest absolute Gasteiger partial charge is 0.491 e. The Bertz CT molecular complexity index is 423. The molecule has 0 radical (unpaired) electrons. The highest BCUT2D eigenvalue weighted by atomic mass is 35.5. The maximum atomic E-state index is 5.81. The molecule has 1 aromatic rings. The average molecular weight is 272 g/mol. The van der Waals surface area contributed by atoms with Crippen molar-refractivity contribution >= 4 is 17.3 Å². The molecule has 1 aliphatic rings. The van der Waals surface area contributed by atoms with Crippen LogP contribution >= 0.6 is 11.6 Å². The normalized spacial score (nSPS) is 22.1. The van der Waals surface area contributed by atoms with E-state index in [0.717, 1.165) is 6.42 Å². The Morgan fingerprint density at radius 2 is 2.28 bits per heavy atom. The summed E-state index contributed by atoms with van der Waals surface area (Å²) in [4.78, 5) is 0. The maximum Gasteiger partial charge on any atom is 0.163 e. The Morgan fingerprint density at radius 3 is 2.89 bits per heavy atom. The molecule has 4 nitrogen and oxygen atoms in total. The van der Waals surface area contributed by atoms with Gasteiger partial charge in [-0.15, -0.1) is 0 Å². The van der Waals surface area contributed by atoms with E-state index in [9.17, 15) is 0 Å². The Balaban J connectivity index is 1.79. The van der Waals surface area contributed by atoms with Crippen molar-refractivity contribution in [2.75, 3.05) is 18.9 Å². The van der Waals surface area contributed by atoms with Gasteiger partial charge in [0, 0.05) is 11.4 Å². The number of anilines is 1. The SMILES string of the molecule is CC1(C)OCC(CCOc2ccc(Cl)cc2N)O1. The lowest BCUT2D eigenvalue weighted by Crippen LogP contribution is -2.22. The number of nitrogens with two attached hydrogens (primary N) is 1. The number of hydrogen-bond donors (Lipinski definition) is 1.